The molecule has 2 heterocycles. The largest absolute Gasteiger partial charge is 0.486 e. The number of hydrogen-bond acceptors (Lipinski definition) is 5. The van der Waals surface area contributed by atoms with Crippen molar-refractivity contribution in [2.24, 2.45) is 0 Å². The van der Waals surface area contributed by atoms with Crippen LogP contribution in [0.5, 0.6) is 11.5 Å². The molecule has 6 nitrogen and oxygen atoms in total. The van der Waals surface area contributed by atoms with Crippen molar-refractivity contribution in [2.45, 2.75) is 13.0 Å². The predicted molar refractivity (Wildman–Crippen MR) is 92.4 cm³/mol. The lowest BCUT2D eigenvalue weighted by molar-refractivity contribution is -0.136. The van der Waals surface area contributed by atoms with Gasteiger partial charge >= 0.3 is 5.97 Å². The molecule has 2 aromatic carbocycles. The van der Waals surface area contributed by atoms with E-state index in [1.807, 2.05) is 24.3 Å². The lowest BCUT2D eigenvalue weighted by atomic mass is 9.95. The van der Waals surface area contributed by atoms with Crippen LogP contribution in [0.25, 0.3) is 11.1 Å². The highest BCUT2D eigenvalue weighted by atomic mass is 16.6. The molecule has 2 aliphatic heterocycles. The van der Waals surface area contributed by atoms with Crippen molar-refractivity contribution in [1.29, 1.82) is 0 Å². The van der Waals surface area contributed by atoms with Gasteiger partial charge in [0.05, 0.1) is 19.6 Å². The molecule has 0 atom stereocenters. The Morgan fingerprint density at radius 3 is 2.68 bits per heavy atom. The van der Waals surface area contributed by atoms with Gasteiger partial charge in [0.2, 0.25) is 0 Å². The topological polar surface area (TPSA) is 77.0 Å². The molecule has 25 heavy (non-hydrogen) atoms. The number of benzene rings is 2. The van der Waals surface area contributed by atoms with E-state index in [0.717, 1.165) is 28.9 Å². The maximum atomic E-state index is 11.3. The second kappa shape index (κ2) is 6.64. The minimum Gasteiger partial charge on any atom is -0.486 e. The summed E-state index contributed by atoms with van der Waals surface area (Å²) >= 11 is 0. The van der Waals surface area contributed by atoms with Gasteiger partial charge < -0.3 is 24.6 Å². The maximum Gasteiger partial charge on any atom is 0.307 e. The number of ether oxygens (including phenoxy) is 3. The van der Waals surface area contributed by atoms with Crippen molar-refractivity contribution < 1.29 is 24.1 Å². The first-order valence-electron chi connectivity index (χ1n) is 8.30. The Morgan fingerprint density at radius 1 is 1.08 bits per heavy atom. The van der Waals surface area contributed by atoms with Crippen LogP contribution in [0.1, 0.15) is 11.1 Å². The number of aliphatic carboxylic acids is 1. The second-order valence-corrected chi connectivity index (χ2v) is 6.07. The molecular formula is C19H19NO5. The third kappa shape index (κ3) is 3.25. The van der Waals surface area contributed by atoms with E-state index in [-0.39, 0.29) is 6.42 Å². The molecule has 0 aromatic heterocycles. The average molecular weight is 341 g/mol. The van der Waals surface area contributed by atoms with Gasteiger partial charge in [-0.2, -0.15) is 0 Å². The standard InChI is InChI=1S/C19H19NO5/c21-19(22)9-13-8-17-18(25-6-5-24-17)10-15(13)12-1-2-16-14(7-12)11-23-4-3-20-16/h1-2,7-8,10,20H,3-6,9,11H2,(H,21,22). The molecule has 0 radical (unpaired) electrons. The van der Waals surface area contributed by atoms with E-state index in [9.17, 15) is 9.90 Å². The molecule has 2 aliphatic rings. The lowest BCUT2D eigenvalue weighted by Crippen LogP contribution is -2.16. The van der Waals surface area contributed by atoms with Crippen LogP contribution < -0.4 is 14.8 Å². The molecule has 0 amide bonds. The van der Waals surface area contributed by atoms with E-state index >= 15 is 0 Å². The Hall–Kier alpha value is -2.73. The van der Waals surface area contributed by atoms with Crippen LogP contribution in [0.3, 0.4) is 0 Å². The number of nitrogens with one attached hydrogen (secondary N) is 1. The summed E-state index contributed by atoms with van der Waals surface area (Å²) in [5.41, 5.74) is 4.61. The Labute approximate surface area is 145 Å². The van der Waals surface area contributed by atoms with Crippen LogP contribution in [0.15, 0.2) is 30.3 Å². The zero-order chi connectivity index (χ0) is 17.2. The van der Waals surface area contributed by atoms with Crippen LogP contribution in [0.4, 0.5) is 5.69 Å². The first-order valence-corrected chi connectivity index (χ1v) is 8.30. The second-order valence-electron chi connectivity index (χ2n) is 6.07. The van der Waals surface area contributed by atoms with E-state index in [4.69, 9.17) is 14.2 Å². The summed E-state index contributed by atoms with van der Waals surface area (Å²) in [4.78, 5) is 11.3. The molecule has 6 heteroatoms. The number of hydrogen-bond donors (Lipinski definition) is 2. The van der Waals surface area contributed by atoms with E-state index in [0.29, 0.717) is 43.5 Å². The van der Waals surface area contributed by atoms with Crippen LogP contribution in [-0.2, 0) is 22.6 Å². The summed E-state index contributed by atoms with van der Waals surface area (Å²) in [5.74, 6) is 0.378. The third-order valence-corrected chi connectivity index (χ3v) is 4.35. The summed E-state index contributed by atoms with van der Waals surface area (Å²) in [6, 6.07) is 9.71. The fourth-order valence-corrected chi connectivity index (χ4v) is 3.20. The van der Waals surface area contributed by atoms with E-state index in [2.05, 4.69) is 5.32 Å². The van der Waals surface area contributed by atoms with Gasteiger partial charge in [0.1, 0.15) is 13.2 Å². The molecule has 0 aliphatic carbocycles. The van der Waals surface area contributed by atoms with Gasteiger partial charge in [-0.25, -0.2) is 0 Å². The van der Waals surface area contributed by atoms with Gasteiger partial charge in [-0.1, -0.05) is 6.07 Å². The Bertz CT molecular complexity index is 818. The number of anilines is 1. The lowest BCUT2D eigenvalue weighted by Gasteiger charge is -2.21. The summed E-state index contributed by atoms with van der Waals surface area (Å²) in [5, 5.41) is 12.6. The van der Waals surface area contributed by atoms with E-state index in [1.54, 1.807) is 6.07 Å². The molecule has 2 aromatic rings. The average Bonchev–Trinajstić information content (AvgIpc) is 2.85. The number of fused-ring (bicyclic) bond motifs is 2. The molecule has 0 bridgehead atoms. The maximum absolute atomic E-state index is 11.3. The van der Waals surface area contributed by atoms with Crippen LogP contribution in [0, 0.1) is 0 Å². The quantitative estimate of drug-likeness (QED) is 0.894. The monoisotopic (exact) mass is 341 g/mol. The minimum atomic E-state index is -0.877. The zero-order valence-corrected chi connectivity index (χ0v) is 13.7. The molecule has 0 saturated heterocycles. The summed E-state index contributed by atoms with van der Waals surface area (Å²) in [7, 11) is 0. The van der Waals surface area contributed by atoms with Crippen molar-refractivity contribution >= 4 is 11.7 Å². The van der Waals surface area contributed by atoms with Crippen molar-refractivity contribution in [2.75, 3.05) is 31.7 Å². The van der Waals surface area contributed by atoms with Crippen molar-refractivity contribution in [3.63, 3.8) is 0 Å². The third-order valence-electron chi connectivity index (χ3n) is 4.35. The van der Waals surface area contributed by atoms with Gasteiger partial charge in [-0.05, 0) is 41.0 Å². The molecule has 0 fully saturated rings. The smallest absolute Gasteiger partial charge is 0.307 e. The number of carboxylic acids is 1. The molecule has 0 spiro atoms. The van der Waals surface area contributed by atoms with Gasteiger partial charge in [-0.3, -0.25) is 4.79 Å². The highest BCUT2D eigenvalue weighted by Crippen LogP contribution is 2.39. The number of rotatable bonds is 3. The summed E-state index contributed by atoms with van der Waals surface area (Å²) in [6.07, 6.45) is -0.0716. The SMILES string of the molecule is O=C(O)Cc1cc2c(cc1-c1ccc3c(c1)COCCN3)OCCO2. The van der Waals surface area contributed by atoms with Crippen molar-refractivity contribution in [3.8, 4) is 22.6 Å². The highest BCUT2D eigenvalue weighted by Gasteiger charge is 2.19. The fourth-order valence-electron chi connectivity index (χ4n) is 3.20. The summed E-state index contributed by atoms with van der Waals surface area (Å²) < 4.78 is 16.9. The first-order chi connectivity index (χ1) is 12.2. The molecule has 130 valence electrons. The summed E-state index contributed by atoms with van der Waals surface area (Å²) in [6.45, 7) is 2.95. The van der Waals surface area contributed by atoms with E-state index in [1.165, 1.54) is 0 Å². The molecule has 2 N–H and O–H groups in total. The van der Waals surface area contributed by atoms with Gasteiger partial charge in [-0.15, -0.1) is 0 Å². The van der Waals surface area contributed by atoms with Crippen molar-refractivity contribution in [1.82, 2.24) is 0 Å². The highest BCUT2D eigenvalue weighted by molar-refractivity contribution is 5.80. The van der Waals surface area contributed by atoms with Crippen LogP contribution in [-0.4, -0.2) is 37.4 Å². The molecule has 0 unspecified atom stereocenters. The van der Waals surface area contributed by atoms with Gasteiger partial charge in [0.15, 0.2) is 11.5 Å². The Balaban J connectivity index is 1.80. The number of carbonyl (C=O) groups is 1. The first kappa shape index (κ1) is 15.8. The van der Waals surface area contributed by atoms with Gasteiger partial charge in [0.25, 0.3) is 0 Å². The zero-order valence-electron chi connectivity index (χ0n) is 13.7. The fraction of sp³-hybridized carbons (Fsp3) is 0.316. The predicted octanol–water partition coefficient (Wildman–Crippen LogP) is 2.69. The molecule has 0 saturated carbocycles. The Kier molecular flexibility index (Phi) is 4.19. The minimum absolute atomic E-state index is 0.0716. The van der Waals surface area contributed by atoms with Crippen LogP contribution in [0.2, 0.25) is 0 Å². The van der Waals surface area contributed by atoms with E-state index < -0.39 is 5.97 Å². The molecule has 4 rings (SSSR count). The Morgan fingerprint density at radius 2 is 1.88 bits per heavy atom. The van der Waals surface area contributed by atoms with Crippen molar-refractivity contribution in [3.05, 3.63) is 41.5 Å². The van der Waals surface area contributed by atoms with Crippen LogP contribution >= 0.6 is 0 Å². The normalized spacial score (nSPS) is 15.7. The molecular weight excluding hydrogens is 322 g/mol. The van der Waals surface area contributed by atoms with Gasteiger partial charge in [0, 0.05) is 17.8 Å². The number of carboxylic acid groups (broad SMARTS) is 1.